The molecule has 16 heavy (non-hydrogen) atoms. The molecule has 1 aromatic heterocycles. The van der Waals surface area contributed by atoms with Crippen molar-refractivity contribution in [2.75, 3.05) is 7.11 Å². The zero-order valence-electron chi connectivity index (χ0n) is 8.90. The summed E-state index contributed by atoms with van der Waals surface area (Å²) in [5, 5.41) is 0. The molecule has 1 fully saturated rings. The number of hydrogen-bond acceptors (Lipinski definition) is 4. The lowest BCUT2D eigenvalue weighted by Crippen LogP contribution is -2.24. The first-order valence-electron chi connectivity index (χ1n) is 5.11. The van der Waals surface area contributed by atoms with Gasteiger partial charge < -0.3 is 9.47 Å². The maximum Gasteiger partial charge on any atom is 0.359 e. The molecule has 0 saturated heterocycles. The van der Waals surface area contributed by atoms with Gasteiger partial charge in [0.1, 0.15) is 5.75 Å². The highest BCUT2D eigenvalue weighted by molar-refractivity contribution is 5.87. The Kier molecular flexibility index (Phi) is 3.03. The van der Waals surface area contributed by atoms with Crippen LogP contribution in [0.3, 0.4) is 0 Å². The number of nitrogens with zero attached hydrogens (tertiary/aromatic N) is 1. The summed E-state index contributed by atoms with van der Waals surface area (Å²) in [6.45, 7) is 0. The van der Waals surface area contributed by atoms with E-state index in [9.17, 15) is 9.18 Å². The number of carbonyl (C=O) groups is 1. The summed E-state index contributed by atoms with van der Waals surface area (Å²) >= 11 is 0. The topological polar surface area (TPSA) is 48.4 Å². The number of ether oxygens (including phenoxy) is 2. The van der Waals surface area contributed by atoms with E-state index in [2.05, 4.69) is 9.72 Å². The number of pyridine rings is 1. The second kappa shape index (κ2) is 4.47. The van der Waals surface area contributed by atoms with E-state index in [-0.39, 0.29) is 11.8 Å². The van der Waals surface area contributed by atoms with Gasteiger partial charge in [0.25, 0.3) is 0 Å². The number of methoxy groups -OCH3 is 1. The van der Waals surface area contributed by atoms with Crippen molar-refractivity contribution in [2.45, 2.75) is 25.4 Å². The van der Waals surface area contributed by atoms with Crippen molar-refractivity contribution in [3.63, 3.8) is 0 Å². The molecule has 1 aliphatic carbocycles. The van der Waals surface area contributed by atoms with Crippen LogP contribution < -0.4 is 4.74 Å². The van der Waals surface area contributed by atoms with Crippen molar-refractivity contribution >= 4 is 5.97 Å². The molecule has 4 nitrogen and oxygen atoms in total. The van der Waals surface area contributed by atoms with Gasteiger partial charge >= 0.3 is 5.97 Å². The van der Waals surface area contributed by atoms with Gasteiger partial charge in [0.2, 0.25) is 0 Å². The highest BCUT2D eigenvalue weighted by atomic mass is 19.1. The van der Waals surface area contributed by atoms with Crippen LogP contribution in [0.5, 0.6) is 5.75 Å². The van der Waals surface area contributed by atoms with E-state index < -0.39 is 11.8 Å². The van der Waals surface area contributed by atoms with E-state index in [1.807, 2.05) is 0 Å². The van der Waals surface area contributed by atoms with E-state index in [0.29, 0.717) is 5.75 Å². The van der Waals surface area contributed by atoms with Crippen LogP contribution in [0.15, 0.2) is 12.3 Å². The van der Waals surface area contributed by atoms with E-state index in [1.165, 1.54) is 13.3 Å². The van der Waals surface area contributed by atoms with Gasteiger partial charge in [-0.25, -0.2) is 14.2 Å². The van der Waals surface area contributed by atoms with Crippen molar-refractivity contribution < 1.29 is 18.7 Å². The first-order chi connectivity index (χ1) is 7.70. The van der Waals surface area contributed by atoms with E-state index in [0.717, 1.165) is 25.3 Å². The summed E-state index contributed by atoms with van der Waals surface area (Å²) in [4.78, 5) is 14.8. The molecule has 0 aliphatic heterocycles. The second-order valence-corrected chi connectivity index (χ2v) is 3.66. The van der Waals surface area contributed by atoms with E-state index in [1.54, 1.807) is 0 Å². The van der Waals surface area contributed by atoms with Gasteiger partial charge in [0, 0.05) is 6.07 Å². The number of carbonyl (C=O) groups excluding carboxylic acids is 1. The highest BCUT2D eigenvalue weighted by Crippen LogP contribution is 2.25. The SMILES string of the molecule is COC(=O)c1ncc(OC2CCC2)cc1F. The molecule has 0 radical (unpaired) electrons. The summed E-state index contributed by atoms with van der Waals surface area (Å²) in [5.41, 5.74) is -0.316. The molecule has 0 amide bonds. The van der Waals surface area contributed by atoms with Crippen molar-refractivity contribution in [3.05, 3.63) is 23.8 Å². The summed E-state index contributed by atoms with van der Waals surface area (Å²) < 4.78 is 23.2. The zero-order chi connectivity index (χ0) is 11.5. The van der Waals surface area contributed by atoms with Gasteiger partial charge in [-0.05, 0) is 19.3 Å². The fourth-order valence-corrected chi connectivity index (χ4v) is 1.41. The van der Waals surface area contributed by atoms with Gasteiger partial charge in [0.15, 0.2) is 11.5 Å². The Morgan fingerprint density at radius 2 is 2.31 bits per heavy atom. The van der Waals surface area contributed by atoms with Gasteiger partial charge in [-0.1, -0.05) is 0 Å². The Hall–Kier alpha value is -1.65. The molecule has 2 rings (SSSR count). The average Bonchev–Trinajstić information content (AvgIpc) is 2.23. The third-order valence-electron chi connectivity index (χ3n) is 2.55. The van der Waals surface area contributed by atoms with Gasteiger partial charge in [-0.2, -0.15) is 0 Å². The third kappa shape index (κ3) is 2.13. The van der Waals surface area contributed by atoms with Crippen molar-refractivity contribution in [1.29, 1.82) is 0 Å². The Labute approximate surface area is 92.4 Å². The fourth-order valence-electron chi connectivity index (χ4n) is 1.41. The summed E-state index contributed by atoms with van der Waals surface area (Å²) in [7, 11) is 1.18. The standard InChI is InChI=1S/C11H12FNO3/c1-15-11(14)10-9(12)5-8(6-13-10)16-7-3-2-4-7/h5-7H,2-4H2,1H3. The Bertz CT molecular complexity index is 404. The van der Waals surface area contributed by atoms with Gasteiger partial charge in [-0.3, -0.25) is 0 Å². The van der Waals surface area contributed by atoms with Crippen molar-refractivity contribution in [2.24, 2.45) is 0 Å². The molecule has 0 N–H and O–H groups in total. The second-order valence-electron chi connectivity index (χ2n) is 3.66. The summed E-state index contributed by atoms with van der Waals surface area (Å²) in [6, 6.07) is 1.16. The molecule has 0 atom stereocenters. The Morgan fingerprint density at radius 3 is 2.81 bits per heavy atom. The van der Waals surface area contributed by atoms with Crippen LogP contribution in [-0.4, -0.2) is 24.2 Å². The minimum atomic E-state index is -0.785. The molecule has 5 heteroatoms. The first kappa shape index (κ1) is 10.9. The molecule has 0 spiro atoms. The molecule has 1 aromatic rings. The van der Waals surface area contributed by atoms with Gasteiger partial charge in [-0.15, -0.1) is 0 Å². The molecule has 0 unspecified atom stereocenters. The number of aromatic nitrogens is 1. The van der Waals surface area contributed by atoms with Crippen LogP contribution in [0, 0.1) is 5.82 Å². The van der Waals surface area contributed by atoms with Crippen LogP contribution in [0.4, 0.5) is 4.39 Å². The molecular formula is C11H12FNO3. The molecular weight excluding hydrogens is 213 g/mol. The number of hydrogen-bond donors (Lipinski definition) is 0. The quantitative estimate of drug-likeness (QED) is 0.737. The van der Waals surface area contributed by atoms with Crippen LogP contribution in [0.1, 0.15) is 29.8 Å². The van der Waals surface area contributed by atoms with E-state index in [4.69, 9.17) is 4.74 Å². The fraction of sp³-hybridized carbons (Fsp3) is 0.455. The van der Waals surface area contributed by atoms with Crippen molar-refractivity contribution in [3.8, 4) is 5.75 Å². The monoisotopic (exact) mass is 225 g/mol. The first-order valence-corrected chi connectivity index (χ1v) is 5.11. The number of esters is 1. The summed E-state index contributed by atoms with van der Waals surface area (Å²) in [6.07, 6.45) is 4.61. The van der Waals surface area contributed by atoms with Crippen molar-refractivity contribution in [1.82, 2.24) is 4.98 Å². The zero-order valence-corrected chi connectivity index (χ0v) is 8.90. The largest absolute Gasteiger partial charge is 0.489 e. The van der Waals surface area contributed by atoms with Crippen LogP contribution in [0.2, 0.25) is 0 Å². The lowest BCUT2D eigenvalue weighted by atomic mass is 9.96. The smallest absolute Gasteiger partial charge is 0.359 e. The van der Waals surface area contributed by atoms with E-state index >= 15 is 0 Å². The Morgan fingerprint density at radius 1 is 1.56 bits per heavy atom. The molecule has 86 valence electrons. The highest BCUT2D eigenvalue weighted by Gasteiger charge is 2.21. The van der Waals surface area contributed by atoms with Crippen LogP contribution in [-0.2, 0) is 4.74 Å². The molecule has 1 aliphatic rings. The number of rotatable bonds is 3. The molecule has 1 heterocycles. The lowest BCUT2D eigenvalue weighted by molar-refractivity contribution is 0.0587. The van der Waals surface area contributed by atoms with Crippen LogP contribution in [0.25, 0.3) is 0 Å². The average molecular weight is 225 g/mol. The Balaban J connectivity index is 2.11. The number of halogens is 1. The minimum absolute atomic E-state index is 0.158. The predicted molar refractivity (Wildman–Crippen MR) is 53.8 cm³/mol. The van der Waals surface area contributed by atoms with Crippen LogP contribution >= 0.6 is 0 Å². The maximum absolute atomic E-state index is 13.4. The lowest BCUT2D eigenvalue weighted by Gasteiger charge is -2.26. The minimum Gasteiger partial charge on any atom is -0.489 e. The van der Waals surface area contributed by atoms with Gasteiger partial charge in [0.05, 0.1) is 19.4 Å². The molecule has 0 bridgehead atoms. The predicted octanol–water partition coefficient (Wildman–Crippen LogP) is 1.94. The normalized spacial score (nSPS) is 15.4. The summed E-state index contributed by atoms with van der Waals surface area (Å²) in [5.74, 6) is -1.15. The molecule has 1 saturated carbocycles. The maximum atomic E-state index is 13.4. The third-order valence-corrected chi connectivity index (χ3v) is 2.55. The molecule has 0 aromatic carbocycles.